The lowest BCUT2D eigenvalue weighted by atomic mass is 9.98. The zero-order valence-electron chi connectivity index (χ0n) is 12.4. The van der Waals surface area contributed by atoms with Crippen LogP contribution in [0.2, 0.25) is 0 Å². The van der Waals surface area contributed by atoms with Crippen LogP contribution in [0.5, 0.6) is 0 Å². The molecule has 1 N–H and O–H groups in total. The Hall–Kier alpha value is -1.10. The Labute approximate surface area is 120 Å². The predicted molar refractivity (Wildman–Crippen MR) is 76.4 cm³/mol. The third-order valence-corrected chi connectivity index (χ3v) is 4.74. The van der Waals surface area contributed by atoms with Crippen LogP contribution in [-0.2, 0) is 9.59 Å². The number of nitrogens with zero attached hydrogens (tertiary/aromatic N) is 2. The van der Waals surface area contributed by atoms with Crippen molar-refractivity contribution in [1.29, 1.82) is 0 Å². The van der Waals surface area contributed by atoms with Crippen LogP contribution in [0.15, 0.2) is 0 Å². The summed E-state index contributed by atoms with van der Waals surface area (Å²) in [7, 11) is 0. The van der Waals surface area contributed by atoms with Crippen LogP contribution >= 0.6 is 0 Å². The Morgan fingerprint density at radius 1 is 1.00 bits per heavy atom. The molecule has 0 radical (unpaired) electrons. The summed E-state index contributed by atoms with van der Waals surface area (Å²) in [6.07, 6.45) is 6.93. The molecule has 2 rings (SSSR count). The summed E-state index contributed by atoms with van der Waals surface area (Å²) >= 11 is 0. The number of amides is 1. The van der Waals surface area contributed by atoms with Crippen molar-refractivity contribution in [3.8, 4) is 0 Å². The third kappa shape index (κ3) is 3.72. The van der Waals surface area contributed by atoms with E-state index in [0.717, 1.165) is 12.8 Å². The molecule has 5 nitrogen and oxygen atoms in total. The van der Waals surface area contributed by atoms with Gasteiger partial charge in [0, 0.05) is 32.1 Å². The van der Waals surface area contributed by atoms with Crippen molar-refractivity contribution in [2.45, 2.75) is 51.5 Å². The van der Waals surface area contributed by atoms with E-state index in [4.69, 9.17) is 5.11 Å². The molecular formula is C15H26N2O3. The second-order valence-electron chi connectivity index (χ2n) is 6.06. The third-order valence-electron chi connectivity index (χ3n) is 4.74. The van der Waals surface area contributed by atoms with Gasteiger partial charge in [-0.05, 0) is 19.8 Å². The molecule has 1 heterocycles. The molecule has 1 aliphatic carbocycles. The highest BCUT2D eigenvalue weighted by Gasteiger charge is 2.30. The lowest BCUT2D eigenvalue weighted by Crippen LogP contribution is -2.54. The summed E-state index contributed by atoms with van der Waals surface area (Å²) in [5.74, 6) is -0.274. The van der Waals surface area contributed by atoms with Gasteiger partial charge in [-0.25, -0.2) is 0 Å². The molecule has 5 heteroatoms. The van der Waals surface area contributed by atoms with Crippen molar-refractivity contribution in [3.05, 3.63) is 0 Å². The van der Waals surface area contributed by atoms with Crippen molar-refractivity contribution in [2.75, 3.05) is 26.2 Å². The molecule has 0 spiro atoms. The quantitative estimate of drug-likeness (QED) is 0.798. The maximum absolute atomic E-state index is 12.5. The topological polar surface area (TPSA) is 60.9 Å². The maximum Gasteiger partial charge on any atom is 0.320 e. The van der Waals surface area contributed by atoms with E-state index in [1.54, 1.807) is 6.92 Å². The van der Waals surface area contributed by atoms with Crippen molar-refractivity contribution < 1.29 is 14.7 Å². The van der Waals surface area contributed by atoms with Crippen LogP contribution in [0.25, 0.3) is 0 Å². The van der Waals surface area contributed by atoms with Crippen LogP contribution in [0, 0.1) is 5.92 Å². The normalized spacial score (nSPS) is 24.1. The number of piperazine rings is 1. The van der Waals surface area contributed by atoms with Gasteiger partial charge in [0.1, 0.15) is 6.04 Å². The van der Waals surface area contributed by atoms with Gasteiger partial charge in [-0.2, -0.15) is 0 Å². The number of rotatable bonds is 3. The number of hydrogen-bond acceptors (Lipinski definition) is 3. The highest BCUT2D eigenvalue weighted by molar-refractivity contribution is 5.79. The van der Waals surface area contributed by atoms with E-state index >= 15 is 0 Å². The molecule has 1 saturated heterocycles. The summed E-state index contributed by atoms with van der Waals surface area (Å²) in [5, 5.41) is 9.02. The summed E-state index contributed by atoms with van der Waals surface area (Å²) in [6, 6.07) is -0.454. The van der Waals surface area contributed by atoms with Gasteiger partial charge in [-0.1, -0.05) is 25.7 Å². The fourth-order valence-corrected chi connectivity index (χ4v) is 3.27. The number of carboxylic acids is 1. The summed E-state index contributed by atoms with van der Waals surface area (Å²) in [5.41, 5.74) is 0. The van der Waals surface area contributed by atoms with Crippen LogP contribution in [0.1, 0.15) is 45.4 Å². The molecule has 114 valence electrons. The number of carbonyl (C=O) groups is 2. The smallest absolute Gasteiger partial charge is 0.320 e. The first-order valence-electron chi connectivity index (χ1n) is 7.85. The van der Waals surface area contributed by atoms with E-state index in [0.29, 0.717) is 32.1 Å². The molecule has 20 heavy (non-hydrogen) atoms. The van der Waals surface area contributed by atoms with E-state index in [1.165, 1.54) is 25.7 Å². The van der Waals surface area contributed by atoms with Crippen LogP contribution in [-0.4, -0.2) is 59.0 Å². The van der Waals surface area contributed by atoms with Gasteiger partial charge >= 0.3 is 5.97 Å². The summed E-state index contributed by atoms with van der Waals surface area (Å²) in [4.78, 5) is 27.4. The average Bonchev–Trinajstić information content (AvgIpc) is 2.75. The number of hydrogen-bond donors (Lipinski definition) is 1. The van der Waals surface area contributed by atoms with E-state index in [1.807, 2.05) is 9.80 Å². The maximum atomic E-state index is 12.5. The Morgan fingerprint density at radius 2 is 1.55 bits per heavy atom. The molecule has 1 amide bonds. The first-order valence-corrected chi connectivity index (χ1v) is 7.85. The van der Waals surface area contributed by atoms with Crippen molar-refractivity contribution in [3.63, 3.8) is 0 Å². The van der Waals surface area contributed by atoms with Gasteiger partial charge in [-0.3, -0.25) is 14.5 Å². The molecule has 1 atom stereocenters. The average molecular weight is 282 g/mol. The van der Waals surface area contributed by atoms with E-state index in [9.17, 15) is 9.59 Å². The van der Waals surface area contributed by atoms with E-state index in [-0.39, 0.29) is 5.92 Å². The fraction of sp³-hybridized carbons (Fsp3) is 0.867. The first kappa shape index (κ1) is 15.3. The van der Waals surface area contributed by atoms with Crippen LogP contribution in [0.4, 0.5) is 0 Å². The summed E-state index contributed by atoms with van der Waals surface area (Å²) in [6.45, 7) is 4.41. The predicted octanol–water partition coefficient (Wildman–Crippen LogP) is 1.57. The second-order valence-corrected chi connectivity index (χ2v) is 6.06. The Bertz CT molecular complexity index is 343. The standard InChI is InChI=1S/C15H26N2O3/c1-12(15(19)20)16-8-10-17(11-9-16)14(18)13-6-4-2-3-5-7-13/h12-13H,2-11H2,1H3,(H,19,20). The highest BCUT2D eigenvalue weighted by Crippen LogP contribution is 2.25. The monoisotopic (exact) mass is 282 g/mol. The number of aliphatic carboxylic acids is 1. The fourth-order valence-electron chi connectivity index (χ4n) is 3.27. The van der Waals surface area contributed by atoms with Crippen LogP contribution < -0.4 is 0 Å². The van der Waals surface area contributed by atoms with Crippen molar-refractivity contribution in [2.24, 2.45) is 5.92 Å². The minimum atomic E-state index is -0.784. The molecule has 0 aromatic rings. The molecular weight excluding hydrogens is 256 g/mol. The first-order chi connectivity index (χ1) is 9.59. The van der Waals surface area contributed by atoms with Gasteiger partial charge < -0.3 is 10.0 Å². The van der Waals surface area contributed by atoms with Crippen molar-refractivity contribution >= 4 is 11.9 Å². The Morgan fingerprint density at radius 3 is 2.05 bits per heavy atom. The lowest BCUT2D eigenvalue weighted by Gasteiger charge is -2.38. The molecule has 0 bridgehead atoms. The molecule has 0 aromatic carbocycles. The molecule has 1 aliphatic heterocycles. The zero-order valence-corrected chi connectivity index (χ0v) is 12.4. The largest absolute Gasteiger partial charge is 0.480 e. The zero-order chi connectivity index (χ0) is 14.5. The van der Waals surface area contributed by atoms with Gasteiger partial charge in [0.05, 0.1) is 0 Å². The summed E-state index contributed by atoms with van der Waals surface area (Å²) < 4.78 is 0. The molecule has 1 saturated carbocycles. The lowest BCUT2D eigenvalue weighted by molar-refractivity contribution is -0.144. The number of carbonyl (C=O) groups excluding carboxylic acids is 1. The van der Waals surface area contributed by atoms with Gasteiger partial charge in [-0.15, -0.1) is 0 Å². The Balaban J connectivity index is 1.83. The van der Waals surface area contributed by atoms with Gasteiger partial charge in [0.2, 0.25) is 5.91 Å². The molecule has 1 unspecified atom stereocenters. The molecule has 2 aliphatic rings. The highest BCUT2D eigenvalue weighted by atomic mass is 16.4. The Kier molecular flexibility index (Phi) is 5.40. The minimum Gasteiger partial charge on any atom is -0.480 e. The second kappa shape index (κ2) is 7.07. The molecule has 0 aromatic heterocycles. The molecule has 2 fully saturated rings. The number of carboxylic acid groups (broad SMARTS) is 1. The van der Waals surface area contributed by atoms with Crippen LogP contribution in [0.3, 0.4) is 0 Å². The van der Waals surface area contributed by atoms with Crippen molar-refractivity contribution in [1.82, 2.24) is 9.80 Å². The van der Waals surface area contributed by atoms with Gasteiger partial charge in [0.25, 0.3) is 0 Å². The SMILES string of the molecule is CC(C(=O)O)N1CCN(C(=O)C2CCCCCC2)CC1. The minimum absolute atomic E-state index is 0.209. The van der Waals surface area contributed by atoms with Gasteiger partial charge in [0.15, 0.2) is 0 Å². The van der Waals surface area contributed by atoms with E-state index < -0.39 is 12.0 Å². The van der Waals surface area contributed by atoms with E-state index in [2.05, 4.69) is 0 Å².